The summed E-state index contributed by atoms with van der Waals surface area (Å²) in [6.45, 7) is 0. The molecule has 0 unspecified atom stereocenters. The van der Waals surface area contributed by atoms with Crippen molar-refractivity contribution < 1.29 is 14.4 Å². The fourth-order valence-corrected chi connectivity index (χ4v) is 2.71. The Morgan fingerprint density at radius 1 is 1.09 bits per heavy atom. The number of amides is 1. The molecule has 0 bridgehead atoms. The predicted octanol–water partition coefficient (Wildman–Crippen LogP) is 3.27. The molecule has 0 aromatic heterocycles. The summed E-state index contributed by atoms with van der Waals surface area (Å²) in [6, 6.07) is 12.0. The standard InChI is InChI=1S/C18H15NO3/c20-11-13-4-1-2-6-15(13)18(22)19-14-9-8-12-5-3-7-17(21)16(12)10-14/h1-2,4,6,8-11H,3,5,7H2,(H,19,22). The van der Waals surface area contributed by atoms with E-state index >= 15 is 0 Å². The molecule has 4 heteroatoms. The molecule has 1 amide bonds. The molecule has 0 fully saturated rings. The van der Waals surface area contributed by atoms with Crippen LogP contribution in [0.15, 0.2) is 42.5 Å². The first-order valence-corrected chi connectivity index (χ1v) is 7.21. The van der Waals surface area contributed by atoms with Gasteiger partial charge in [-0.15, -0.1) is 0 Å². The Labute approximate surface area is 128 Å². The number of Topliss-reactive ketones (excluding diaryl/α,β-unsaturated/α-hetero) is 1. The molecule has 0 spiro atoms. The van der Waals surface area contributed by atoms with Gasteiger partial charge in [-0.25, -0.2) is 0 Å². The summed E-state index contributed by atoms with van der Waals surface area (Å²) in [5, 5.41) is 2.75. The van der Waals surface area contributed by atoms with E-state index in [1.165, 1.54) is 0 Å². The second-order valence-corrected chi connectivity index (χ2v) is 5.31. The van der Waals surface area contributed by atoms with Gasteiger partial charge in [-0.3, -0.25) is 14.4 Å². The quantitative estimate of drug-likeness (QED) is 0.883. The highest BCUT2D eigenvalue weighted by atomic mass is 16.2. The lowest BCUT2D eigenvalue weighted by Gasteiger charge is -2.16. The average Bonchev–Trinajstić information content (AvgIpc) is 2.55. The Kier molecular flexibility index (Phi) is 3.83. The highest BCUT2D eigenvalue weighted by Crippen LogP contribution is 2.24. The van der Waals surface area contributed by atoms with Crippen molar-refractivity contribution in [1.82, 2.24) is 0 Å². The number of hydrogen-bond acceptors (Lipinski definition) is 3. The summed E-state index contributed by atoms with van der Waals surface area (Å²) in [5.74, 6) is -0.239. The number of ketones is 1. The number of aryl methyl sites for hydroxylation is 1. The minimum absolute atomic E-state index is 0.116. The Balaban J connectivity index is 1.87. The molecular weight excluding hydrogens is 278 g/mol. The van der Waals surface area contributed by atoms with Crippen LogP contribution >= 0.6 is 0 Å². The molecule has 22 heavy (non-hydrogen) atoms. The fourth-order valence-electron chi connectivity index (χ4n) is 2.71. The van der Waals surface area contributed by atoms with Gasteiger partial charge in [-0.2, -0.15) is 0 Å². The van der Waals surface area contributed by atoms with Crippen LogP contribution < -0.4 is 5.32 Å². The zero-order valence-corrected chi connectivity index (χ0v) is 12.0. The molecule has 4 nitrogen and oxygen atoms in total. The average molecular weight is 293 g/mol. The van der Waals surface area contributed by atoms with Gasteiger partial charge in [0.05, 0.1) is 5.56 Å². The summed E-state index contributed by atoms with van der Waals surface area (Å²) in [4.78, 5) is 35.2. The monoisotopic (exact) mass is 293 g/mol. The lowest BCUT2D eigenvalue weighted by molar-refractivity contribution is 0.0970. The second kappa shape index (κ2) is 5.93. The number of hydrogen-bond donors (Lipinski definition) is 1. The van der Waals surface area contributed by atoms with Crippen LogP contribution in [0.3, 0.4) is 0 Å². The van der Waals surface area contributed by atoms with Gasteiger partial charge in [0.2, 0.25) is 0 Å². The Bertz CT molecular complexity index is 765. The molecule has 0 radical (unpaired) electrons. The first kappa shape index (κ1) is 14.2. The third kappa shape index (κ3) is 2.68. The smallest absolute Gasteiger partial charge is 0.256 e. The molecule has 110 valence electrons. The van der Waals surface area contributed by atoms with Crippen LogP contribution in [0.4, 0.5) is 5.69 Å². The predicted molar refractivity (Wildman–Crippen MR) is 83.5 cm³/mol. The van der Waals surface area contributed by atoms with Crippen molar-refractivity contribution in [3.63, 3.8) is 0 Å². The van der Waals surface area contributed by atoms with E-state index in [9.17, 15) is 14.4 Å². The first-order chi connectivity index (χ1) is 10.7. The number of carbonyl (C=O) groups is 3. The zero-order valence-electron chi connectivity index (χ0n) is 12.0. The van der Waals surface area contributed by atoms with E-state index in [1.54, 1.807) is 36.4 Å². The summed E-state index contributed by atoms with van der Waals surface area (Å²) in [6.07, 6.45) is 2.98. The van der Waals surface area contributed by atoms with Crippen molar-refractivity contribution in [3.8, 4) is 0 Å². The molecule has 1 aliphatic carbocycles. The van der Waals surface area contributed by atoms with Gasteiger partial charge in [0.1, 0.15) is 0 Å². The maximum absolute atomic E-state index is 12.3. The lowest BCUT2D eigenvalue weighted by Crippen LogP contribution is -2.16. The zero-order chi connectivity index (χ0) is 15.5. The van der Waals surface area contributed by atoms with Gasteiger partial charge in [-0.1, -0.05) is 24.3 Å². The summed E-state index contributed by atoms with van der Waals surface area (Å²) >= 11 is 0. The molecular formula is C18H15NO3. The van der Waals surface area contributed by atoms with Gasteiger partial charge in [0.25, 0.3) is 5.91 Å². The normalized spacial score (nSPS) is 13.4. The van der Waals surface area contributed by atoms with E-state index in [0.29, 0.717) is 35.1 Å². The first-order valence-electron chi connectivity index (χ1n) is 7.21. The Morgan fingerprint density at radius 2 is 1.91 bits per heavy atom. The van der Waals surface area contributed by atoms with Gasteiger partial charge >= 0.3 is 0 Å². The topological polar surface area (TPSA) is 63.2 Å². The largest absolute Gasteiger partial charge is 0.322 e. The van der Waals surface area contributed by atoms with Gasteiger partial charge < -0.3 is 5.32 Å². The maximum atomic E-state index is 12.3. The number of benzene rings is 2. The van der Waals surface area contributed by atoms with Crippen molar-refractivity contribution in [2.45, 2.75) is 19.3 Å². The molecule has 3 rings (SSSR count). The second-order valence-electron chi connectivity index (χ2n) is 5.31. The van der Waals surface area contributed by atoms with Crippen LogP contribution in [0.1, 0.15) is 49.5 Å². The third-order valence-electron chi connectivity index (χ3n) is 3.85. The molecule has 2 aromatic carbocycles. The van der Waals surface area contributed by atoms with Crippen LogP contribution in [-0.2, 0) is 6.42 Å². The van der Waals surface area contributed by atoms with Crippen molar-refractivity contribution in [1.29, 1.82) is 0 Å². The van der Waals surface area contributed by atoms with E-state index in [2.05, 4.69) is 5.32 Å². The van der Waals surface area contributed by atoms with Crippen LogP contribution in [0, 0.1) is 0 Å². The summed E-state index contributed by atoms with van der Waals surface area (Å²) < 4.78 is 0. The molecule has 0 saturated carbocycles. The molecule has 0 atom stereocenters. The van der Waals surface area contributed by atoms with Crippen LogP contribution in [-0.4, -0.2) is 18.0 Å². The van der Waals surface area contributed by atoms with Crippen LogP contribution in [0.25, 0.3) is 0 Å². The SMILES string of the molecule is O=Cc1ccccc1C(=O)Nc1ccc2c(c1)C(=O)CCC2. The molecule has 2 aromatic rings. The molecule has 1 N–H and O–H groups in total. The summed E-state index contributed by atoms with van der Waals surface area (Å²) in [7, 11) is 0. The Hall–Kier alpha value is -2.75. The van der Waals surface area contributed by atoms with Gasteiger partial charge in [0, 0.05) is 23.2 Å². The number of fused-ring (bicyclic) bond motifs is 1. The minimum Gasteiger partial charge on any atom is -0.322 e. The number of aldehydes is 1. The van der Waals surface area contributed by atoms with Crippen LogP contribution in [0.5, 0.6) is 0 Å². The highest BCUT2D eigenvalue weighted by Gasteiger charge is 2.18. The van der Waals surface area contributed by atoms with E-state index < -0.39 is 0 Å². The van der Waals surface area contributed by atoms with Gasteiger partial charge in [0.15, 0.2) is 12.1 Å². The van der Waals surface area contributed by atoms with E-state index in [1.807, 2.05) is 6.07 Å². The number of anilines is 1. The van der Waals surface area contributed by atoms with Crippen molar-refractivity contribution in [2.75, 3.05) is 5.32 Å². The van der Waals surface area contributed by atoms with Crippen LogP contribution in [0.2, 0.25) is 0 Å². The maximum Gasteiger partial charge on any atom is 0.256 e. The van der Waals surface area contributed by atoms with E-state index in [0.717, 1.165) is 18.4 Å². The number of nitrogens with one attached hydrogen (secondary N) is 1. The fraction of sp³-hybridized carbons (Fsp3) is 0.167. The van der Waals surface area contributed by atoms with Crippen molar-refractivity contribution >= 4 is 23.7 Å². The van der Waals surface area contributed by atoms with E-state index in [4.69, 9.17) is 0 Å². The number of rotatable bonds is 3. The lowest BCUT2D eigenvalue weighted by atomic mass is 9.90. The summed E-state index contributed by atoms with van der Waals surface area (Å²) in [5.41, 5.74) is 2.95. The highest BCUT2D eigenvalue weighted by molar-refractivity contribution is 6.09. The molecule has 0 heterocycles. The molecule has 0 saturated heterocycles. The third-order valence-corrected chi connectivity index (χ3v) is 3.85. The minimum atomic E-state index is -0.356. The van der Waals surface area contributed by atoms with Gasteiger partial charge in [-0.05, 0) is 36.6 Å². The van der Waals surface area contributed by atoms with E-state index in [-0.39, 0.29) is 11.7 Å². The number of carbonyl (C=O) groups excluding carboxylic acids is 3. The molecule has 0 aliphatic heterocycles. The van der Waals surface area contributed by atoms with Crippen molar-refractivity contribution in [3.05, 3.63) is 64.7 Å². The van der Waals surface area contributed by atoms with Crippen molar-refractivity contribution in [2.24, 2.45) is 0 Å². The Morgan fingerprint density at radius 3 is 2.73 bits per heavy atom. The molecule has 1 aliphatic rings.